The molecule has 7 heteroatoms. The molecule has 0 radical (unpaired) electrons. The molecule has 1 amide bonds. The van der Waals surface area contributed by atoms with E-state index < -0.39 is 11.6 Å². The summed E-state index contributed by atoms with van der Waals surface area (Å²) in [5, 5.41) is 5.42. The van der Waals surface area contributed by atoms with Crippen molar-refractivity contribution in [3.63, 3.8) is 0 Å². The Morgan fingerprint density at radius 2 is 2.26 bits per heavy atom. The molecule has 1 aromatic rings. The van der Waals surface area contributed by atoms with Crippen LogP contribution in [0.25, 0.3) is 0 Å². The van der Waals surface area contributed by atoms with Crippen LogP contribution in [0, 0.1) is 11.6 Å². The van der Waals surface area contributed by atoms with Crippen LogP contribution < -0.4 is 15.5 Å². The second kappa shape index (κ2) is 5.81. The molecule has 0 bridgehead atoms. The molecule has 19 heavy (non-hydrogen) atoms. The molecule has 0 atom stereocenters. The highest BCUT2D eigenvalue weighted by Crippen LogP contribution is 2.22. The Hall–Kier alpha value is -1.92. The Morgan fingerprint density at radius 1 is 1.47 bits per heavy atom. The van der Waals surface area contributed by atoms with Crippen molar-refractivity contribution >= 4 is 17.5 Å². The second-order valence-corrected chi connectivity index (χ2v) is 4.28. The molecule has 0 aliphatic carbocycles. The van der Waals surface area contributed by atoms with Crippen molar-refractivity contribution in [3.05, 3.63) is 17.7 Å². The molecule has 1 aliphatic heterocycles. The minimum atomic E-state index is -0.756. The van der Waals surface area contributed by atoms with E-state index in [0.717, 1.165) is 6.07 Å². The van der Waals surface area contributed by atoms with Gasteiger partial charge in [-0.1, -0.05) is 0 Å². The molecule has 1 saturated heterocycles. The minimum Gasteiger partial charge on any atom is -0.368 e. The van der Waals surface area contributed by atoms with Crippen LogP contribution in [-0.4, -0.2) is 37.1 Å². The normalized spacial score (nSPS) is 15.9. The van der Waals surface area contributed by atoms with Gasteiger partial charge in [-0.2, -0.15) is 0 Å². The number of hydrogen-bond acceptors (Lipinski definition) is 4. The molecule has 0 aromatic carbocycles. The number of carbonyl (C=O) groups excluding carboxylic acids is 1. The van der Waals surface area contributed by atoms with E-state index in [1.165, 1.54) is 4.90 Å². The number of nitrogens with one attached hydrogen (secondary N) is 2. The van der Waals surface area contributed by atoms with Crippen LogP contribution in [0.15, 0.2) is 6.07 Å². The fourth-order valence-electron chi connectivity index (χ4n) is 1.96. The van der Waals surface area contributed by atoms with Crippen LogP contribution >= 0.6 is 0 Å². The number of pyridine rings is 1. The van der Waals surface area contributed by atoms with Gasteiger partial charge >= 0.3 is 0 Å². The standard InChI is InChI=1S/C12H16F2N4O/c1-2-15-11-8(13)6-9(14)12(17-11)18-5-3-4-16-10(19)7-18/h6H,2-5,7H2,1H3,(H,15,17)(H,16,19). The number of rotatable bonds is 3. The van der Waals surface area contributed by atoms with Crippen molar-refractivity contribution in [2.75, 3.05) is 36.4 Å². The first kappa shape index (κ1) is 13.5. The topological polar surface area (TPSA) is 57.3 Å². The quantitative estimate of drug-likeness (QED) is 0.864. The number of hydrogen-bond donors (Lipinski definition) is 2. The molecule has 1 aromatic heterocycles. The summed E-state index contributed by atoms with van der Waals surface area (Å²) in [6.07, 6.45) is 0.695. The monoisotopic (exact) mass is 270 g/mol. The fourth-order valence-corrected chi connectivity index (χ4v) is 1.96. The van der Waals surface area contributed by atoms with Crippen LogP contribution in [0.4, 0.5) is 20.4 Å². The summed E-state index contributed by atoms with van der Waals surface area (Å²) < 4.78 is 27.3. The largest absolute Gasteiger partial charge is 0.368 e. The number of amides is 1. The Kier molecular flexibility index (Phi) is 4.13. The number of aromatic nitrogens is 1. The molecule has 1 aliphatic rings. The fraction of sp³-hybridized carbons (Fsp3) is 0.500. The molecule has 2 N–H and O–H groups in total. The lowest BCUT2D eigenvalue weighted by molar-refractivity contribution is -0.119. The van der Waals surface area contributed by atoms with E-state index in [1.807, 2.05) is 0 Å². The SMILES string of the molecule is CCNc1nc(N2CCCNC(=O)C2)c(F)cc1F. The molecule has 104 valence electrons. The number of anilines is 2. The minimum absolute atomic E-state index is 0.00329. The highest BCUT2D eigenvalue weighted by atomic mass is 19.1. The van der Waals surface area contributed by atoms with Crippen molar-refractivity contribution < 1.29 is 13.6 Å². The summed E-state index contributed by atoms with van der Waals surface area (Å²) in [7, 11) is 0. The van der Waals surface area contributed by atoms with Gasteiger partial charge in [-0.05, 0) is 13.3 Å². The number of carbonyl (C=O) groups is 1. The summed E-state index contributed by atoms with van der Waals surface area (Å²) >= 11 is 0. The summed E-state index contributed by atoms with van der Waals surface area (Å²) in [6, 6.07) is 0.795. The third-order valence-corrected chi connectivity index (χ3v) is 2.82. The van der Waals surface area contributed by atoms with E-state index in [1.54, 1.807) is 6.92 Å². The van der Waals surface area contributed by atoms with Crippen molar-refractivity contribution in [3.8, 4) is 0 Å². The maximum absolute atomic E-state index is 13.8. The first-order valence-corrected chi connectivity index (χ1v) is 6.23. The third kappa shape index (κ3) is 3.10. The average Bonchev–Trinajstić information content (AvgIpc) is 2.57. The maximum Gasteiger partial charge on any atom is 0.239 e. The van der Waals surface area contributed by atoms with Gasteiger partial charge in [-0.3, -0.25) is 4.79 Å². The van der Waals surface area contributed by atoms with Crippen LogP contribution in [0.5, 0.6) is 0 Å². The van der Waals surface area contributed by atoms with E-state index in [2.05, 4.69) is 15.6 Å². The zero-order valence-electron chi connectivity index (χ0n) is 10.7. The summed E-state index contributed by atoms with van der Waals surface area (Å²) in [5.74, 6) is -1.66. The molecular formula is C12H16F2N4O. The van der Waals surface area contributed by atoms with Gasteiger partial charge in [0, 0.05) is 25.7 Å². The highest BCUT2D eigenvalue weighted by molar-refractivity contribution is 5.81. The Bertz CT molecular complexity index is 481. The molecule has 5 nitrogen and oxygen atoms in total. The average molecular weight is 270 g/mol. The first-order chi connectivity index (χ1) is 9.11. The van der Waals surface area contributed by atoms with Gasteiger partial charge in [0.1, 0.15) is 0 Å². The van der Waals surface area contributed by atoms with Gasteiger partial charge in [0.25, 0.3) is 0 Å². The predicted octanol–water partition coefficient (Wildman–Crippen LogP) is 1.12. The number of halogens is 2. The molecule has 0 spiro atoms. The van der Waals surface area contributed by atoms with Gasteiger partial charge in [-0.25, -0.2) is 13.8 Å². The lowest BCUT2D eigenvalue weighted by atomic mass is 10.3. The Balaban J connectivity index is 2.31. The molecular weight excluding hydrogens is 254 g/mol. The molecule has 2 heterocycles. The van der Waals surface area contributed by atoms with Crippen molar-refractivity contribution in [2.45, 2.75) is 13.3 Å². The van der Waals surface area contributed by atoms with Crippen LogP contribution in [0.2, 0.25) is 0 Å². The molecule has 0 unspecified atom stereocenters. The maximum atomic E-state index is 13.8. The molecule has 2 rings (SSSR count). The second-order valence-electron chi connectivity index (χ2n) is 4.28. The van der Waals surface area contributed by atoms with Gasteiger partial charge in [0.2, 0.25) is 5.91 Å². The summed E-state index contributed by atoms with van der Waals surface area (Å²) in [4.78, 5) is 16.9. The molecule has 1 fully saturated rings. The van der Waals surface area contributed by atoms with Crippen LogP contribution in [0.1, 0.15) is 13.3 Å². The predicted molar refractivity (Wildman–Crippen MR) is 68.2 cm³/mol. The van der Waals surface area contributed by atoms with Gasteiger partial charge in [-0.15, -0.1) is 0 Å². The van der Waals surface area contributed by atoms with E-state index in [-0.39, 0.29) is 24.1 Å². The van der Waals surface area contributed by atoms with E-state index in [9.17, 15) is 13.6 Å². The Labute approximate surface area is 110 Å². The first-order valence-electron chi connectivity index (χ1n) is 6.23. The van der Waals surface area contributed by atoms with Crippen LogP contribution in [0.3, 0.4) is 0 Å². The van der Waals surface area contributed by atoms with Crippen molar-refractivity contribution in [1.82, 2.24) is 10.3 Å². The zero-order valence-corrected chi connectivity index (χ0v) is 10.7. The van der Waals surface area contributed by atoms with Gasteiger partial charge < -0.3 is 15.5 Å². The van der Waals surface area contributed by atoms with E-state index in [0.29, 0.717) is 26.1 Å². The van der Waals surface area contributed by atoms with Crippen molar-refractivity contribution in [2.24, 2.45) is 0 Å². The summed E-state index contributed by atoms with van der Waals surface area (Å²) in [5.41, 5.74) is 0. The Morgan fingerprint density at radius 3 is 3.00 bits per heavy atom. The van der Waals surface area contributed by atoms with E-state index in [4.69, 9.17) is 0 Å². The highest BCUT2D eigenvalue weighted by Gasteiger charge is 2.21. The lowest BCUT2D eigenvalue weighted by Gasteiger charge is -2.21. The third-order valence-electron chi connectivity index (χ3n) is 2.82. The van der Waals surface area contributed by atoms with Crippen molar-refractivity contribution in [1.29, 1.82) is 0 Å². The summed E-state index contributed by atoms with van der Waals surface area (Å²) in [6.45, 7) is 3.36. The van der Waals surface area contributed by atoms with Gasteiger partial charge in [0.05, 0.1) is 6.54 Å². The van der Waals surface area contributed by atoms with Gasteiger partial charge in [0.15, 0.2) is 23.3 Å². The number of nitrogens with zero attached hydrogens (tertiary/aromatic N) is 2. The molecule has 0 saturated carbocycles. The van der Waals surface area contributed by atoms with Crippen LogP contribution in [-0.2, 0) is 4.79 Å². The van der Waals surface area contributed by atoms with E-state index >= 15 is 0 Å². The zero-order chi connectivity index (χ0) is 13.8. The lowest BCUT2D eigenvalue weighted by Crippen LogP contribution is -2.34. The smallest absolute Gasteiger partial charge is 0.239 e.